The molecule has 1 aromatic carbocycles. The molecule has 0 fully saturated rings. The molecule has 0 aliphatic heterocycles. The lowest BCUT2D eigenvalue weighted by Crippen LogP contribution is -2.29. The maximum atomic E-state index is 10.8. The first-order valence-corrected chi connectivity index (χ1v) is 5.17. The molecular formula is C11H10ClN2O3+. The standard InChI is InChI=1S/C11H9ClN2O3/c1-17-8-4-2-7(3-5-8)14-6-13-9(10(14)12)11(15)16/h2-6H,1H3,(H,15,16)/p+1. The average Bonchev–Trinajstić information content (AvgIpc) is 2.71. The zero-order valence-corrected chi connectivity index (χ0v) is 9.73. The van der Waals surface area contributed by atoms with Gasteiger partial charge in [0.2, 0.25) is 6.33 Å². The van der Waals surface area contributed by atoms with Crippen LogP contribution >= 0.6 is 11.6 Å². The van der Waals surface area contributed by atoms with Crippen LogP contribution in [0.3, 0.4) is 0 Å². The van der Waals surface area contributed by atoms with Gasteiger partial charge in [-0.1, -0.05) is 0 Å². The Hall–Kier alpha value is -2.01. The molecule has 0 unspecified atom stereocenters. The van der Waals surface area contributed by atoms with Gasteiger partial charge in [-0.3, -0.25) is 0 Å². The van der Waals surface area contributed by atoms with Crippen LogP contribution in [-0.2, 0) is 0 Å². The second-order valence-electron chi connectivity index (χ2n) is 3.31. The van der Waals surface area contributed by atoms with Gasteiger partial charge in [-0.15, -0.1) is 0 Å². The number of H-pyrrole nitrogens is 1. The fraction of sp³-hybridized carbons (Fsp3) is 0.0909. The molecule has 0 aliphatic rings. The van der Waals surface area contributed by atoms with E-state index in [9.17, 15) is 4.79 Å². The highest BCUT2D eigenvalue weighted by Gasteiger charge is 2.22. The third-order valence-electron chi connectivity index (χ3n) is 2.32. The van der Waals surface area contributed by atoms with Crippen LogP contribution in [0.15, 0.2) is 30.6 Å². The summed E-state index contributed by atoms with van der Waals surface area (Å²) in [6.07, 6.45) is 1.49. The molecule has 0 amide bonds. The van der Waals surface area contributed by atoms with Gasteiger partial charge < -0.3 is 9.84 Å². The largest absolute Gasteiger partial charge is 0.497 e. The van der Waals surface area contributed by atoms with Crippen molar-refractivity contribution < 1.29 is 19.2 Å². The Morgan fingerprint density at radius 1 is 1.41 bits per heavy atom. The lowest BCUT2D eigenvalue weighted by Gasteiger charge is -2.00. The molecule has 2 aromatic rings. The van der Waals surface area contributed by atoms with Crippen molar-refractivity contribution in [3.8, 4) is 11.4 Å². The molecular weight excluding hydrogens is 244 g/mol. The number of methoxy groups -OCH3 is 1. The zero-order chi connectivity index (χ0) is 12.4. The molecule has 0 aliphatic carbocycles. The molecule has 0 saturated heterocycles. The number of hydrogen-bond donors (Lipinski definition) is 2. The number of rotatable bonds is 3. The average molecular weight is 254 g/mol. The van der Waals surface area contributed by atoms with E-state index in [1.165, 1.54) is 6.33 Å². The number of carbonyl (C=O) groups is 1. The van der Waals surface area contributed by atoms with Crippen molar-refractivity contribution in [2.75, 3.05) is 7.11 Å². The molecule has 17 heavy (non-hydrogen) atoms. The minimum Gasteiger partial charge on any atom is -0.497 e. The third kappa shape index (κ3) is 2.09. The van der Waals surface area contributed by atoms with Crippen LogP contribution in [0, 0.1) is 0 Å². The molecule has 6 heteroatoms. The van der Waals surface area contributed by atoms with E-state index in [0.29, 0.717) is 0 Å². The molecule has 2 rings (SSSR count). The van der Waals surface area contributed by atoms with Gasteiger partial charge in [-0.2, -0.15) is 4.57 Å². The van der Waals surface area contributed by atoms with Gasteiger partial charge in [0.05, 0.1) is 7.11 Å². The van der Waals surface area contributed by atoms with Gasteiger partial charge in [-0.25, -0.2) is 9.78 Å². The highest BCUT2D eigenvalue weighted by atomic mass is 35.5. The third-order valence-corrected chi connectivity index (χ3v) is 2.69. The van der Waals surface area contributed by atoms with Gasteiger partial charge in [0.15, 0.2) is 0 Å². The molecule has 0 spiro atoms. The number of nitrogens with one attached hydrogen (secondary N) is 1. The maximum Gasteiger partial charge on any atom is 0.381 e. The summed E-state index contributed by atoms with van der Waals surface area (Å²) in [6, 6.07) is 7.10. The molecule has 1 aromatic heterocycles. The van der Waals surface area contributed by atoms with Gasteiger partial charge in [-0.05, 0) is 35.9 Å². The number of carboxylic acid groups (broad SMARTS) is 1. The van der Waals surface area contributed by atoms with E-state index >= 15 is 0 Å². The number of aromatic nitrogens is 2. The minimum absolute atomic E-state index is 0.0394. The fourth-order valence-corrected chi connectivity index (χ4v) is 1.73. The summed E-state index contributed by atoms with van der Waals surface area (Å²) < 4.78 is 6.58. The van der Waals surface area contributed by atoms with Crippen molar-refractivity contribution in [1.82, 2.24) is 4.98 Å². The van der Waals surface area contributed by atoms with Crippen molar-refractivity contribution in [2.45, 2.75) is 0 Å². The summed E-state index contributed by atoms with van der Waals surface area (Å²) in [5.74, 6) is -0.373. The molecule has 1 heterocycles. The Labute approximate surface area is 102 Å². The Morgan fingerprint density at radius 3 is 2.53 bits per heavy atom. The highest BCUT2D eigenvalue weighted by Crippen LogP contribution is 2.15. The molecule has 0 bridgehead atoms. The summed E-state index contributed by atoms with van der Waals surface area (Å²) in [7, 11) is 1.58. The van der Waals surface area contributed by atoms with Crippen LogP contribution in [0.25, 0.3) is 5.69 Å². The van der Waals surface area contributed by atoms with Crippen molar-refractivity contribution in [3.05, 3.63) is 41.4 Å². The second kappa shape index (κ2) is 4.47. The highest BCUT2D eigenvalue weighted by molar-refractivity contribution is 6.31. The first-order valence-electron chi connectivity index (χ1n) is 4.79. The number of aromatic amines is 1. The number of ether oxygens (including phenoxy) is 1. The van der Waals surface area contributed by atoms with E-state index < -0.39 is 5.97 Å². The molecule has 2 N–H and O–H groups in total. The van der Waals surface area contributed by atoms with Crippen LogP contribution in [-0.4, -0.2) is 23.2 Å². The number of carboxylic acids is 1. The summed E-state index contributed by atoms with van der Waals surface area (Å²) in [4.78, 5) is 13.4. The quantitative estimate of drug-likeness (QED) is 0.818. The number of hydrogen-bond acceptors (Lipinski definition) is 2. The van der Waals surface area contributed by atoms with Crippen molar-refractivity contribution >= 4 is 17.6 Å². The SMILES string of the molecule is COc1ccc(-[n+]2c[nH]c(C(=O)O)c2Cl)cc1. The number of aromatic carboxylic acids is 1. The number of halogens is 1. The zero-order valence-electron chi connectivity index (χ0n) is 8.98. The number of imidazole rings is 1. The van der Waals surface area contributed by atoms with E-state index in [1.54, 1.807) is 35.9 Å². The maximum absolute atomic E-state index is 10.8. The number of nitrogens with zero attached hydrogens (tertiary/aromatic N) is 1. The summed E-state index contributed by atoms with van der Waals surface area (Å²) in [5.41, 5.74) is 0.710. The van der Waals surface area contributed by atoms with Crippen LogP contribution < -0.4 is 9.30 Å². The predicted octanol–water partition coefficient (Wildman–Crippen LogP) is 1.65. The molecule has 5 nitrogen and oxygen atoms in total. The van der Waals surface area contributed by atoms with E-state index in [1.807, 2.05) is 0 Å². The Balaban J connectivity index is 2.42. The van der Waals surface area contributed by atoms with Gasteiger partial charge in [0.1, 0.15) is 11.4 Å². The van der Waals surface area contributed by atoms with Gasteiger partial charge in [0, 0.05) is 0 Å². The van der Waals surface area contributed by atoms with E-state index in [0.717, 1.165) is 11.4 Å². The second-order valence-corrected chi connectivity index (χ2v) is 3.67. The van der Waals surface area contributed by atoms with Crippen LogP contribution in [0.2, 0.25) is 5.15 Å². The van der Waals surface area contributed by atoms with Crippen molar-refractivity contribution in [3.63, 3.8) is 0 Å². The molecule has 0 saturated carbocycles. The van der Waals surface area contributed by atoms with Crippen LogP contribution in [0.5, 0.6) is 5.75 Å². The molecule has 0 atom stereocenters. The lowest BCUT2D eigenvalue weighted by molar-refractivity contribution is -0.591. The first kappa shape index (κ1) is 11.5. The monoisotopic (exact) mass is 253 g/mol. The minimum atomic E-state index is -1.10. The van der Waals surface area contributed by atoms with E-state index in [2.05, 4.69) is 4.98 Å². The Kier molecular flexibility index (Phi) is 3.01. The molecule has 0 radical (unpaired) electrons. The van der Waals surface area contributed by atoms with Crippen molar-refractivity contribution in [1.29, 1.82) is 0 Å². The topological polar surface area (TPSA) is 66.2 Å². The normalized spacial score (nSPS) is 10.2. The van der Waals surface area contributed by atoms with E-state index in [4.69, 9.17) is 21.4 Å². The summed E-state index contributed by atoms with van der Waals surface area (Å²) in [5, 5.41) is 8.99. The fourth-order valence-electron chi connectivity index (χ4n) is 1.45. The smallest absolute Gasteiger partial charge is 0.381 e. The van der Waals surface area contributed by atoms with Crippen LogP contribution in [0.1, 0.15) is 10.5 Å². The number of benzene rings is 1. The predicted molar refractivity (Wildman–Crippen MR) is 60.8 cm³/mol. The first-order chi connectivity index (χ1) is 8.13. The lowest BCUT2D eigenvalue weighted by atomic mass is 10.3. The summed E-state index contributed by atoms with van der Waals surface area (Å²) >= 11 is 5.95. The summed E-state index contributed by atoms with van der Waals surface area (Å²) in [6.45, 7) is 0. The van der Waals surface area contributed by atoms with Gasteiger partial charge in [0.25, 0.3) is 10.8 Å². The van der Waals surface area contributed by atoms with Gasteiger partial charge >= 0.3 is 5.97 Å². The Morgan fingerprint density at radius 2 is 2.06 bits per heavy atom. The Bertz CT molecular complexity index is 548. The van der Waals surface area contributed by atoms with E-state index in [-0.39, 0.29) is 10.8 Å². The van der Waals surface area contributed by atoms with Crippen LogP contribution in [0.4, 0.5) is 0 Å². The van der Waals surface area contributed by atoms with Crippen molar-refractivity contribution in [2.24, 2.45) is 0 Å². The molecule has 88 valence electrons.